The van der Waals surface area contributed by atoms with Gasteiger partial charge in [0.05, 0.1) is 17.9 Å². The van der Waals surface area contributed by atoms with E-state index in [-0.39, 0.29) is 11.7 Å². The second-order valence-electron chi connectivity index (χ2n) is 8.27. The zero-order valence-corrected chi connectivity index (χ0v) is 18.8. The fourth-order valence-corrected chi connectivity index (χ4v) is 3.92. The van der Waals surface area contributed by atoms with E-state index < -0.39 is 6.10 Å². The molecule has 1 aliphatic heterocycles. The minimum atomic E-state index is -0.578. The van der Waals surface area contributed by atoms with E-state index >= 15 is 0 Å². The van der Waals surface area contributed by atoms with E-state index in [0.717, 1.165) is 27.9 Å². The monoisotopic (exact) mass is 458 g/mol. The second kappa shape index (κ2) is 9.01. The number of hydrogen-bond donors (Lipinski definition) is 1. The Morgan fingerprint density at radius 1 is 1.09 bits per heavy atom. The number of carbonyl (C=O) groups is 1. The van der Waals surface area contributed by atoms with Crippen LogP contribution in [0.25, 0.3) is 22.0 Å². The average molecular weight is 458 g/mol. The molecule has 1 saturated heterocycles. The molecule has 0 radical (unpaired) electrons. The number of halogens is 1. The molecular weight excluding hydrogens is 435 g/mol. The number of ether oxygens (including phenoxy) is 1. The lowest BCUT2D eigenvalue weighted by Gasteiger charge is -2.17. The van der Waals surface area contributed by atoms with Gasteiger partial charge in [0, 0.05) is 25.4 Å². The number of aryl methyl sites for hydroxylation is 1. The number of nitrogens with zero attached hydrogens (tertiary/aromatic N) is 5. The topological polar surface area (TPSA) is 93.1 Å². The van der Waals surface area contributed by atoms with Crippen LogP contribution in [0.5, 0.6) is 5.75 Å². The highest BCUT2D eigenvalue weighted by Crippen LogP contribution is 2.35. The molecule has 5 rings (SSSR count). The van der Waals surface area contributed by atoms with Gasteiger partial charge in [-0.05, 0) is 54.4 Å². The summed E-state index contributed by atoms with van der Waals surface area (Å²) in [5.74, 6) is 0.693. The molecule has 34 heavy (non-hydrogen) atoms. The largest absolute Gasteiger partial charge is 0.478 e. The molecule has 4 aromatic rings. The molecule has 1 fully saturated rings. The molecule has 1 aliphatic rings. The number of likely N-dealkylation sites (N-methyl/N-ethyl adjacent to an activating group) is 1. The number of carbonyl (C=O) groups excluding carboxylic acids is 1. The van der Waals surface area contributed by atoms with Crippen molar-refractivity contribution in [3.05, 3.63) is 72.1 Å². The van der Waals surface area contributed by atoms with Crippen LogP contribution >= 0.6 is 0 Å². The SMILES string of the molecule is Cc1ccc(CNc2ncnc3c(OC4CCN(C)C4=O)cc(-c4ccc(F)cc4)cc23)nn1. The highest BCUT2D eigenvalue weighted by Gasteiger charge is 2.31. The Balaban J connectivity index is 1.56. The summed E-state index contributed by atoms with van der Waals surface area (Å²) in [6.45, 7) is 2.94. The van der Waals surface area contributed by atoms with Crippen molar-refractivity contribution in [2.24, 2.45) is 0 Å². The molecule has 1 unspecified atom stereocenters. The predicted octanol–water partition coefficient (Wildman–Crippen LogP) is 3.76. The fraction of sp³-hybridized carbons (Fsp3) is 0.240. The Kier molecular flexibility index (Phi) is 5.75. The second-order valence-corrected chi connectivity index (χ2v) is 8.27. The smallest absolute Gasteiger partial charge is 0.263 e. The van der Waals surface area contributed by atoms with Gasteiger partial charge in [0.15, 0.2) is 6.10 Å². The maximum Gasteiger partial charge on any atom is 0.263 e. The van der Waals surface area contributed by atoms with E-state index in [1.165, 1.54) is 18.5 Å². The van der Waals surface area contributed by atoms with E-state index in [9.17, 15) is 9.18 Å². The van der Waals surface area contributed by atoms with Crippen LogP contribution in [0, 0.1) is 12.7 Å². The Bertz CT molecular complexity index is 1340. The Labute approximate surface area is 195 Å². The zero-order valence-electron chi connectivity index (χ0n) is 18.8. The fourth-order valence-electron chi connectivity index (χ4n) is 3.92. The molecular formula is C25H23FN6O2. The molecule has 1 N–H and O–H groups in total. The normalized spacial score (nSPS) is 15.7. The van der Waals surface area contributed by atoms with Gasteiger partial charge in [0.1, 0.15) is 29.2 Å². The molecule has 172 valence electrons. The van der Waals surface area contributed by atoms with Gasteiger partial charge < -0.3 is 15.0 Å². The third-order valence-electron chi connectivity index (χ3n) is 5.82. The molecule has 8 nitrogen and oxygen atoms in total. The highest BCUT2D eigenvalue weighted by molar-refractivity contribution is 5.97. The minimum absolute atomic E-state index is 0.0642. The van der Waals surface area contributed by atoms with E-state index in [4.69, 9.17) is 4.74 Å². The van der Waals surface area contributed by atoms with Crippen LogP contribution in [0.2, 0.25) is 0 Å². The summed E-state index contributed by atoms with van der Waals surface area (Å²) in [4.78, 5) is 23.0. The van der Waals surface area contributed by atoms with Crippen LogP contribution in [0.1, 0.15) is 17.8 Å². The minimum Gasteiger partial charge on any atom is -0.478 e. The first-order valence-electron chi connectivity index (χ1n) is 11.0. The zero-order chi connectivity index (χ0) is 23.7. The van der Waals surface area contributed by atoms with Gasteiger partial charge in [-0.15, -0.1) is 0 Å². The maximum atomic E-state index is 13.5. The maximum absolute atomic E-state index is 13.5. The number of amides is 1. The molecule has 0 spiro atoms. The lowest BCUT2D eigenvalue weighted by Crippen LogP contribution is -2.29. The van der Waals surface area contributed by atoms with Crippen molar-refractivity contribution < 1.29 is 13.9 Å². The standard InChI is InChI=1S/C25H23FN6O2/c1-15-3-8-19(31-30-15)13-27-24-20-11-17(16-4-6-18(26)7-5-16)12-22(23(20)28-14-29-24)34-21-9-10-32(2)25(21)33/h3-8,11-12,14,21H,9-10,13H2,1-2H3,(H,27,28,29). The quantitative estimate of drug-likeness (QED) is 0.470. The van der Waals surface area contributed by atoms with Gasteiger partial charge in [-0.2, -0.15) is 10.2 Å². The Hall–Kier alpha value is -4.14. The molecule has 9 heteroatoms. The van der Waals surface area contributed by atoms with Crippen LogP contribution in [-0.2, 0) is 11.3 Å². The van der Waals surface area contributed by atoms with Crippen LogP contribution in [0.4, 0.5) is 10.2 Å². The van der Waals surface area contributed by atoms with Crippen LogP contribution in [0.15, 0.2) is 54.9 Å². The lowest BCUT2D eigenvalue weighted by molar-refractivity contribution is -0.132. The van der Waals surface area contributed by atoms with Gasteiger partial charge in [-0.3, -0.25) is 4.79 Å². The Morgan fingerprint density at radius 2 is 1.91 bits per heavy atom. The predicted molar refractivity (Wildman–Crippen MR) is 126 cm³/mol. The van der Waals surface area contributed by atoms with Gasteiger partial charge in [-0.25, -0.2) is 14.4 Å². The number of hydrogen-bond acceptors (Lipinski definition) is 7. The first-order chi connectivity index (χ1) is 16.5. The van der Waals surface area contributed by atoms with E-state index in [1.807, 2.05) is 31.2 Å². The molecule has 0 saturated carbocycles. The molecule has 0 bridgehead atoms. The molecule has 1 atom stereocenters. The molecule has 3 heterocycles. The van der Waals surface area contributed by atoms with Gasteiger partial charge in [0.2, 0.25) is 0 Å². The molecule has 1 amide bonds. The number of fused-ring (bicyclic) bond motifs is 1. The van der Waals surface area contributed by atoms with Crippen LogP contribution in [-0.4, -0.2) is 50.7 Å². The van der Waals surface area contributed by atoms with Crippen molar-refractivity contribution in [2.45, 2.75) is 26.0 Å². The molecule has 2 aromatic carbocycles. The first kappa shape index (κ1) is 21.7. The number of rotatable bonds is 6. The van der Waals surface area contributed by atoms with E-state index in [1.54, 1.807) is 24.1 Å². The van der Waals surface area contributed by atoms with Crippen molar-refractivity contribution in [2.75, 3.05) is 18.9 Å². The average Bonchev–Trinajstić information content (AvgIpc) is 3.16. The third-order valence-corrected chi connectivity index (χ3v) is 5.82. The first-order valence-corrected chi connectivity index (χ1v) is 11.0. The summed E-state index contributed by atoms with van der Waals surface area (Å²) in [7, 11) is 1.76. The van der Waals surface area contributed by atoms with Gasteiger partial charge in [-0.1, -0.05) is 12.1 Å². The van der Waals surface area contributed by atoms with Crippen LogP contribution < -0.4 is 10.1 Å². The van der Waals surface area contributed by atoms with Crippen molar-refractivity contribution in [1.82, 2.24) is 25.1 Å². The number of anilines is 1. The van der Waals surface area contributed by atoms with E-state index in [0.29, 0.717) is 36.6 Å². The highest BCUT2D eigenvalue weighted by atomic mass is 19.1. The van der Waals surface area contributed by atoms with E-state index in [2.05, 4.69) is 25.5 Å². The summed E-state index contributed by atoms with van der Waals surface area (Å²) >= 11 is 0. The summed E-state index contributed by atoms with van der Waals surface area (Å²) in [6.07, 6.45) is 1.48. The van der Waals surface area contributed by atoms with Crippen molar-refractivity contribution >= 4 is 22.6 Å². The summed E-state index contributed by atoms with van der Waals surface area (Å²) in [5, 5.41) is 12.3. The number of likely N-dealkylation sites (tertiary alicyclic amines) is 1. The van der Waals surface area contributed by atoms with Crippen LogP contribution in [0.3, 0.4) is 0 Å². The van der Waals surface area contributed by atoms with Crippen molar-refractivity contribution in [1.29, 1.82) is 0 Å². The molecule has 2 aromatic heterocycles. The molecule has 0 aliphatic carbocycles. The summed E-state index contributed by atoms with van der Waals surface area (Å²) in [6, 6.07) is 13.8. The van der Waals surface area contributed by atoms with Gasteiger partial charge >= 0.3 is 0 Å². The third kappa shape index (κ3) is 4.36. The van der Waals surface area contributed by atoms with Crippen molar-refractivity contribution in [3.8, 4) is 16.9 Å². The number of aromatic nitrogens is 4. The van der Waals surface area contributed by atoms with Crippen molar-refractivity contribution in [3.63, 3.8) is 0 Å². The Morgan fingerprint density at radius 3 is 2.62 bits per heavy atom. The number of nitrogens with one attached hydrogen (secondary N) is 1. The number of benzene rings is 2. The summed E-state index contributed by atoms with van der Waals surface area (Å²) in [5.41, 5.74) is 3.80. The summed E-state index contributed by atoms with van der Waals surface area (Å²) < 4.78 is 19.7. The lowest BCUT2D eigenvalue weighted by atomic mass is 10.0. The van der Waals surface area contributed by atoms with Gasteiger partial charge in [0.25, 0.3) is 5.91 Å².